The second kappa shape index (κ2) is 8.61. The zero-order chi connectivity index (χ0) is 20.1. The third kappa shape index (κ3) is 4.29. The zero-order valence-electron chi connectivity index (χ0n) is 16.2. The highest BCUT2D eigenvalue weighted by Crippen LogP contribution is 2.18. The molecule has 0 aromatic carbocycles. The van der Waals surface area contributed by atoms with Crippen molar-refractivity contribution in [2.75, 3.05) is 37.6 Å². The Hall–Kier alpha value is -3.60. The van der Waals surface area contributed by atoms with Crippen LogP contribution in [0.25, 0.3) is 5.65 Å². The number of amides is 2. The predicted molar refractivity (Wildman–Crippen MR) is 110 cm³/mol. The van der Waals surface area contributed by atoms with E-state index in [0.717, 1.165) is 24.3 Å². The SMILES string of the molecule is N#Cc1cccnc1N1CCCN(C(=O)NCCc2cn3ccccc3n2)CC1. The van der Waals surface area contributed by atoms with Gasteiger partial charge in [-0.3, -0.25) is 0 Å². The zero-order valence-corrected chi connectivity index (χ0v) is 16.2. The molecule has 0 atom stereocenters. The standard InChI is InChI=1S/C21H23N7O/c22-15-17-5-3-8-23-20(17)26-11-4-12-27(14-13-26)21(29)24-9-7-18-16-28-10-2-1-6-19(28)25-18/h1-3,5-6,8,10,16H,4,7,9,11-14H2,(H,24,29). The van der Waals surface area contributed by atoms with Crippen LogP contribution in [0.3, 0.4) is 0 Å². The summed E-state index contributed by atoms with van der Waals surface area (Å²) in [7, 11) is 0. The fraction of sp³-hybridized carbons (Fsp3) is 0.333. The first-order valence-electron chi connectivity index (χ1n) is 9.80. The van der Waals surface area contributed by atoms with E-state index >= 15 is 0 Å². The van der Waals surface area contributed by atoms with Gasteiger partial charge in [-0.15, -0.1) is 0 Å². The Labute approximate surface area is 169 Å². The lowest BCUT2D eigenvalue weighted by Gasteiger charge is -2.23. The molecule has 0 aliphatic carbocycles. The molecule has 148 valence electrons. The Kier molecular flexibility index (Phi) is 5.56. The summed E-state index contributed by atoms with van der Waals surface area (Å²) in [5.74, 6) is 0.698. The number of imidazole rings is 1. The molecule has 0 radical (unpaired) electrons. The quantitative estimate of drug-likeness (QED) is 0.738. The molecule has 8 heteroatoms. The molecule has 8 nitrogen and oxygen atoms in total. The number of nitrogens with one attached hydrogen (secondary N) is 1. The van der Waals surface area contributed by atoms with Gasteiger partial charge in [-0.25, -0.2) is 14.8 Å². The molecule has 1 saturated heterocycles. The molecule has 4 heterocycles. The number of pyridine rings is 2. The van der Waals surface area contributed by atoms with Crippen molar-refractivity contribution >= 4 is 17.5 Å². The first-order valence-corrected chi connectivity index (χ1v) is 9.80. The largest absolute Gasteiger partial charge is 0.354 e. The van der Waals surface area contributed by atoms with Crippen molar-refractivity contribution < 1.29 is 4.79 Å². The Morgan fingerprint density at radius 2 is 2.10 bits per heavy atom. The lowest BCUT2D eigenvalue weighted by molar-refractivity contribution is 0.201. The van der Waals surface area contributed by atoms with E-state index in [4.69, 9.17) is 0 Å². The molecule has 0 saturated carbocycles. The van der Waals surface area contributed by atoms with E-state index in [1.165, 1.54) is 0 Å². The topological polar surface area (TPSA) is 89.6 Å². The number of hydrogen-bond acceptors (Lipinski definition) is 5. The fourth-order valence-electron chi connectivity index (χ4n) is 3.59. The maximum atomic E-state index is 12.6. The predicted octanol–water partition coefficient (Wildman–Crippen LogP) is 2.07. The minimum absolute atomic E-state index is 0.0582. The Morgan fingerprint density at radius 1 is 1.17 bits per heavy atom. The van der Waals surface area contributed by atoms with E-state index in [2.05, 4.69) is 26.3 Å². The highest BCUT2D eigenvalue weighted by Gasteiger charge is 2.21. The van der Waals surface area contributed by atoms with Crippen LogP contribution in [0.2, 0.25) is 0 Å². The van der Waals surface area contributed by atoms with Gasteiger partial charge in [0.05, 0.1) is 11.3 Å². The summed E-state index contributed by atoms with van der Waals surface area (Å²) in [6.07, 6.45) is 7.18. The second-order valence-electron chi connectivity index (χ2n) is 6.99. The number of aromatic nitrogens is 3. The van der Waals surface area contributed by atoms with E-state index in [1.54, 1.807) is 18.3 Å². The number of hydrogen-bond donors (Lipinski definition) is 1. The van der Waals surface area contributed by atoms with Crippen molar-refractivity contribution in [1.82, 2.24) is 24.6 Å². The third-order valence-corrected chi connectivity index (χ3v) is 5.06. The van der Waals surface area contributed by atoms with E-state index in [1.807, 2.05) is 39.9 Å². The molecular weight excluding hydrogens is 366 g/mol. The number of carbonyl (C=O) groups excluding carboxylic acids is 1. The van der Waals surface area contributed by atoms with Crippen LogP contribution in [-0.2, 0) is 6.42 Å². The van der Waals surface area contributed by atoms with Crippen molar-refractivity contribution in [1.29, 1.82) is 5.26 Å². The summed E-state index contributed by atoms with van der Waals surface area (Å²) in [5, 5.41) is 12.3. The van der Waals surface area contributed by atoms with Crippen molar-refractivity contribution in [2.24, 2.45) is 0 Å². The summed E-state index contributed by atoms with van der Waals surface area (Å²) < 4.78 is 1.98. The first kappa shape index (κ1) is 18.7. The molecule has 0 spiro atoms. The van der Waals surface area contributed by atoms with Crippen LogP contribution in [0.5, 0.6) is 0 Å². The van der Waals surface area contributed by atoms with Crippen LogP contribution in [0, 0.1) is 11.3 Å². The monoisotopic (exact) mass is 389 g/mol. The lowest BCUT2D eigenvalue weighted by Crippen LogP contribution is -2.42. The average molecular weight is 389 g/mol. The second-order valence-corrected chi connectivity index (χ2v) is 6.99. The summed E-state index contributed by atoms with van der Waals surface area (Å²) in [6, 6.07) is 11.6. The molecular formula is C21H23N7O. The van der Waals surface area contributed by atoms with Gasteiger partial charge in [0.25, 0.3) is 0 Å². The molecule has 3 aromatic rings. The molecule has 1 aliphatic rings. The van der Waals surface area contributed by atoms with Gasteiger partial charge in [0.15, 0.2) is 0 Å². The van der Waals surface area contributed by atoms with Crippen LogP contribution >= 0.6 is 0 Å². The maximum Gasteiger partial charge on any atom is 0.317 e. The van der Waals surface area contributed by atoms with E-state index in [9.17, 15) is 10.1 Å². The molecule has 1 fully saturated rings. The Morgan fingerprint density at radius 3 is 2.97 bits per heavy atom. The molecule has 0 unspecified atom stereocenters. The molecule has 2 amide bonds. The summed E-state index contributed by atoms with van der Waals surface area (Å²) in [6.45, 7) is 3.26. The number of fused-ring (bicyclic) bond motifs is 1. The van der Waals surface area contributed by atoms with Crippen molar-refractivity contribution in [3.8, 4) is 6.07 Å². The number of nitrogens with zero attached hydrogens (tertiary/aromatic N) is 6. The van der Waals surface area contributed by atoms with E-state index in [-0.39, 0.29) is 6.03 Å². The number of urea groups is 1. The number of rotatable bonds is 4. The fourth-order valence-corrected chi connectivity index (χ4v) is 3.59. The van der Waals surface area contributed by atoms with Gasteiger partial charge in [0.2, 0.25) is 0 Å². The average Bonchev–Trinajstić information content (AvgIpc) is 3.00. The molecule has 3 aromatic heterocycles. The maximum absolute atomic E-state index is 12.6. The molecule has 0 bridgehead atoms. The highest BCUT2D eigenvalue weighted by atomic mass is 16.2. The van der Waals surface area contributed by atoms with E-state index in [0.29, 0.717) is 44.0 Å². The van der Waals surface area contributed by atoms with Gasteiger partial charge < -0.3 is 19.5 Å². The number of anilines is 1. The van der Waals surface area contributed by atoms with Gasteiger partial charge in [-0.1, -0.05) is 6.07 Å². The van der Waals surface area contributed by atoms with Gasteiger partial charge in [0, 0.05) is 57.7 Å². The molecule has 1 aliphatic heterocycles. The highest BCUT2D eigenvalue weighted by molar-refractivity contribution is 5.74. The van der Waals surface area contributed by atoms with Crippen molar-refractivity contribution in [3.63, 3.8) is 0 Å². The van der Waals surface area contributed by atoms with Gasteiger partial charge in [-0.2, -0.15) is 5.26 Å². The number of carbonyl (C=O) groups is 1. The molecule has 4 rings (SSSR count). The van der Waals surface area contributed by atoms with Gasteiger partial charge in [0.1, 0.15) is 17.5 Å². The minimum atomic E-state index is -0.0582. The van der Waals surface area contributed by atoms with E-state index < -0.39 is 0 Å². The van der Waals surface area contributed by atoms with Crippen LogP contribution < -0.4 is 10.2 Å². The van der Waals surface area contributed by atoms with Crippen molar-refractivity contribution in [3.05, 3.63) is 60.2 Å². The van der Waals surface area contributed by atoms with Gasteiger partial charge in [-0.05, 0) is 30.7 Å². The van der Waals surface area contributed by atoms with Gasteiger partial charge >= 0.3 is 6.03 Å². The molecule has 1 N–H and O–H groups in total. The summed E-state index contributed by atoms with van der Waals surface area (Å²) in [4.78, 5) is 25.4. The van der Waals surface area contributed by atoms with Crippen LogP contribution in [0.4, 0.5) is 10.6 Å². The summed E-state index contributed by atoms with van der Waals surface area (Å²) >= 11 is 0. The molecule has 29 heavy (non-hydrogen) atoms. The first-order chi connectivity index (χ1) is 14.2. The summed E-state index contributed by atoms with van der Waals surface area (Å²) in [5.41, 5.74) is 2.43. The Balaban J connectivity index is 1.30. The van der Waals surface area contributed by atoms with Crippen LogP contribution in [0.15, 0.2) is 48.9 Å². The number of nitriles is 1. The van der Waals surface area contributed by atoms with Crippen LogP contribution in [0.1, 0.15) is 17.7 Å². The smallest absolute Gasteiger partial charge is 0.317 e. The third-order valence-electron chi connectivity index (χ3n) is 5.06. The van der Waals surface area contributed by atoms with Crippen LogP contribution in [-0.4, -0.2) is 58.0 Å². The van der Waals surface area contributed by atoms with Crippen molar-refractivity contribution in [2.45, 2.75) is 12.8 Å². The minimum Gasteiger partial charge on any atom is -0.354 e. The lowest BCUT2D eigenvalue weighted by atomic mass is 10.2. The normalized spacial score (nSPS) is 14.4. The Bertz CT molecular complexity index is 1010.